The number of nitrogens with one attached hydrogen (secondary N) is 1. The van der Waals surface area contributed by atoms with Gasteiger partial charge < -0.3 is 0 Å². The number of hydrazone groups is 1. The third-order valence-electron chi connectivity index (χ3n) is 4.76. The molecule has 0 aliphatic carbocycles. The van der Waals surface area contributed by atoms with E-state index in [0.717, 1.165) is 25.0 Å². The number of carbonyl (C=O) groups excluding carboxylic acids is 1. The van der Waals surface area contributed by atoms with E-state index >= 15 is 0 Å². The van der Waals surface area contributed by atoms with Gasteiger partial charge in [-0.3, -0.25) is 15.1 Å². The van der Waals surface area contributed by atoms with Crippen molar-refractivity contribution in [1.29, 1.82) is 0 Å². The highest BCUT2D eigenvalue weighted by molar-refractivity contribution is 8.13. The van der Waals surface area contributed by atoms with Gasteiger partial charge in [0.15, 0.2) is 11.3 Å². The zero-order valence-electron chi connectivity index (χ0n) is 15.9. The quantitative estimate of drug-likeness (QED) is 0.738. The summed E-state index contributed by atoms with van der Waals surface area (Å²) in [6, 6.07) is 11.8. The lowest BCUT2D eigenvalue weighted by molar-refractivity contribution is -0.116. The number of fused-ring (bicyclic) bond motifs is 2. The Morgan fingerprint density at radius 3 is 2.83 bits per heavy atom. The summed E-state index contributed by atoms with van der Waals surface area (Å²) in [5.41, 5.74) is 0.549. The maximum atomic E-state index is 14.7. The third-order valence-corrected chi connectivity index (χ3v) is 6.04. The van der Waals surface area contributed by atoms with E-state index in [-0.39, 0.29) is 16.5 Å². The zero-order valence-corrected chi connectivity index (χ0v) is 17.4. The molecule has 8 heteroatoms. The number of para-hydroxylation sites is 1. The van der Waals surface area contributed by atoms with Gasteiger partial charge in [-0.1, -0.05) is 67.4 Å². The van der Waals surface area contributed by atoms with E-state index in [4.69, 9.17) is 11.6 Å². The molecule has 2 aliphatic heterocycles. The number of halogens is 2. The molecule has 150 valence electrons. The Morgan fingerprint density at radius 2 is 2.03 bits per heavy atom. The Kier molecular flexibility index (Phi) is 5.87. The van der Waals surface area contributed by atoms with Gasteiger partial charge in [-0.05, 0) is 24.6 Å². The Morgan fingerprint density at radius 1 is 1.21 bits per heavy atom. The number of amidine groups is 1. The van der Waals surface area contributed by atoms with Crippen LogP contribution < -0.4 is 15.9 Å². The molecular formula is C21H20ClFN4OS. The number of hydrogen-bond donors (Lipinski definition) is 1. The lowest BCUT2D eigenvalue weighted by Crippen LogP contribution is -2.50. The molecule has 1 amide bonds. The molecular weight excluding hydrogens is 411 g/mol. The third kappa shape index (κ3) is 3.89. The van der Waals surface area contributed by atoms with Gasteiger partial charge in [0.1, 0.15) is 11.5 Å². The summed E-state index contributed by atoms with van der Waals surface area (Å²) in [5, 5.41) is 11.0. The molecule has 29 heavy (non-hydrogen) atoms. The fraction of sp³-hybridized carbons (Fsp3) is 0.286. The molecule has 5 nitrogen and oxygen atoms in total. The van der Waals surface area contributed by atoms with Gasteiger partial charge >= 0.3 is 0 Å². The normalized spacial score (nSPS) is 17.8. The standard InChI is InChI=1S/C21H20ClFN4OS/c1-2-3-6-12-29-21-25-20(28)18-13-8-4-5-11-16(13)24-19(27(18)26-21)17-14(22)9-7-10-15(17)23/h4-5,7-11,19H,2-3,6,12H2,1H3,(H,25,26,28). The number of benzene rings is 2. The second kappa shape index (κ2) is 8.55. The Bertz CT molecular complexity index is 1080. The van der Waals surface area contributed by atoms with E-state index in [2.05, 4.69) is 22.3 Å². The molecule has 4 rings (SSSR count). The van der Waals surface area contributed by atoms with E-state index in [1.165, 1.54) is 22.8 Å². The monoisotopic (exact) mass is 430 g/mol. The Hall–Kier alpha value is -2.38. The van der Waals surface area contributed by atoms with Crippen LogP contribution in [0.5, 0.6) is 0 Å². The van der Waals surface area contributed by atoms with E-state index < -0.39 is 12.0 Å². The number of rotatable bonds is 5. The number of amides is 1. The summed E-state index contributed by atoms with van der Waals surface area (Å²) in [6.07, 6.45) is 2.41. The molecule has 0 radical (unpaired) electrons. The van der Waals surface area contributed by atoms with Crippen molar-refractivity contribution in [2.75, 3.05) is 5.75 Å². The summed E-state index contributed by atoms with van der Waals surface area (Å²) in [5.74, 6) is 0.0794. The van der Waals surface area contributed by atoms with Crippen molar-refractivity contribution >= 4 is 40.1 Å². The van der Waals surface area contributed by atoms with Crippen molar-refractivity contribution in [3.63, 3.8) is 0 Å². The topological polar surface area (TPSA) is 57.1 Å². The average Bonchev–Trinajstić information content (AvgIpc) is 2.71. The van der Waals surface area contributed by atoms with Gasteiger partial charge in [0.2, 0.25) is 0 Å². The minimum atomic E-state index is -0.856. The van der Waals surface area contributed by atoms with Crippen LogP contribution in [-0.4, -0.2) is 21.8 Å². The lowest BCUT2D eigenvalue weighted by Gasteiger charge is -2.34. The fourth-order valence-corrected chi connectivity index (χ4v) is 4.47. The van der Waals surface area contributed by atoms with Crippen LogP contribution >= 0.6 is 23.4 Å². The maximum absolute atomic E-state index is 14.7. The predicted octanol–water partition coefficient (Wildman–Crippen LogP) is 3.55. The van der Waals surface area contributed by atoms with E-state index in [1.54, 1.807) is 18.2 Å². The van der Waals surface area contributed by atoms with Gasteiger partial charge in [-0.25, -0.2) is 9.40 Å². The van der Waals surface area contributed by atoms with Crippen LogP contribution in [0.25, 0.3) is 5.70 Å². The van der Waals surface area contributed by atoms with Crippen LogP contribution in [0.15, 0.2) is 52.6 Å². The minimum absolute atomic E-state index is 0.204. The average molecular weight is 431 g/mol. The molecule has 1 N–H and O–H groups in total. The number of hydrogen-bond acceptors (Lipinski definition) is 5. The van der Waals surface area contributed by atoms with Crippen molar-refractivity contribution in [3.05, 3.63) is 69.4 Å². The molecule has 2 aromatic rings. The van der Waals surface area contributed by atoms with Crippen LogP contribution in [0.1, 0.15) is 37.9 Å². The summed E-state index contributed by atoms with van der Waals surface area (Å²) in [4.78, 5) is 17.7. The van der Waals surface area contributed by atoms with E-state index in [9.17, 15) is 9.18 Å². The number of thioether (sulfide) groups is 1. The van der Waals surface area contributed by atoms with Crippen molar-refractivity contribution < 1.29 is 9.18 Å². The maximum Gasteiger partial charge on any atom is 0.276 e. The Labute approximate surface area is 177 Å². The molecule has 0 spiro atoms. The zero-order chi connectivity index (χ0) is 20.4. The first-order valence-corrected chi connectivity index (χ1v) is 10.9. The predicted molar refractivity (Wildman–Crippen MR) is 114 cm³/mol. The van der Waals surface area contributed by atoms with Crippen molar-refractivity contribution in [1.82, 2.24) is 10.3 Å². The first-order chi connectivity index (χ1) is 14.1. The molecule has 1 atom stereocenters. The molecule has 2 aromatic carbocycles. The van der Waals surface area contributed by atoms with Gasteiger partial charge in [-0.15, -0.1) is 5.10 Å². The highest BCUT2D eigenvalue weighted by Gasteiger charge is 2.36. The first-order valence-electron chi connectivity index (χ1n) is 9.53. The summed E-state index contributed by atoms with van der Waals surface area (Å²) in [7, 11) is 0. The fourth-order valence-electron chi connectivity index (χ4n) is 3.36. The van der Waals surface area contributed by atoms with Crippen LogP contribution in [0.2, 0.25) is 5.02 Å². The van der Waals surface area contributed by atoms with E-state index in [1.807, 2.05) is 18.2 Å². The van der Waals surface area contributed by atoms with Crippen molar-refractivity contribution in [2.24, 2.45) is 10.1 Å². The molecule has 0 fully saturated rings. The number of nitrogens with zero attached hydrogens (tertiary/aromatic N) is 3. The van der Waals surface area contributed by atoms with E-state index in [0.29, 0.717) is 21.4 Å². The largest absolute Gasteiger partial charge is 0.298 e. The first kappa shape index (κ1) is 19.9. The van der Waals surface area contributed by atoms with Gasteiger partial charge in [0, 0.05) is 11.0 Å². The van der Waals surface area contributed by atoms with Crippen molar-refractivity contribution in [3.8, 4) is 0 Å². The molecule has 2 aliphatic rings. The molecule has 2 heterocycles. The highest BCUT2D eigenvalue weighted by atomic mass is 35.5. The van der Waals surface area contributed by atoms with Gasteiger partial charge in [0.05, 0.1) is 15.9 Å². The van der Waals surface area contributed by atoms with Gasteiger partial charge in [0.25, 0.3) is 5.91 Å². The molecule has 0 bridgehead atoms. The van der Waals surface area contributed by atoms with Crippen LogP contribution in [0.4, 0.5) is 4.39 Å². The summed E-state index contributed by atoms with van der Waals surface area (Å²) >= 11 is 7.80. The summed E-state index contributed by atoms with van der Waals surface area (Å²) in [6.45, 7) is 2.14. The Balaban J connectivity index is 1.83. The lowest BCUT2D eigenvalue weighted by atomic mass is 10.1. The second-order valence-electron chi connectivity index (χ2n) is 6.76. The minimum Gasteiger partial charge on any atom is -0.298 e. The number of unbranched alkanes of at least 4 members (excludes halogenated alkanes) is 2. The molecule has 0 saturated carbocycles. The van der Waals surface area contributed by atoms with Crippen LogP contribution in [0.3, 0.4) is 0 Å². The smallest absolute Gasteiger partial charge is 0.276 e. The highest BCUT2D eigenvalue weighted by Crippen LogP contribution is 2.35. The molecule has 1 unspecified atom stereocenters. The number of carbonyl (C=O) groups is 1. The molecule has 0 aromatic heterocycles. The summed E-state index contributed by atoms with van der Waals surface area (Å²) < 4.78 is 14.7. The SMILES string of the molecule is CCCCCSC1=NN2C(=c3ccccc3=NC2c2c(F)cccc2Cl)C(=O)N1. The van der Waals surface area contributed by atoms with Crippen molar-refractivity contribution in [2.45, 2.75) is 32.4 Å². The van der Waals surface area contributed by atoms with Crippen LogP contribution in [-0.2, 0) is 4.79 Å². The second-order valence-corrected chi connectivity index (χ2v) is 8.25. The van der Waals surface area contributed by atoms with Crippen LogP contribution in [0, 0.1) is 5.82 Å². The molecule has 0 saturated heterocycles. The van der Waals surface area contributed by atoms with Gasteiger partial charge in [-0.2, -0.15) is 0 Å².